The average Bonchev–Trinajstić information content (AvgIpc) is 3.29. The molecule has 8 heteroatoms. The van der Waals surface area contributed by atoms with Crippen molar-refractivity contribution in [1.82, 2.24) is 10.2 Å². The van der Waals surface area contributed by atoms with Gasteiger partial charge in [0.25, 0.3) is 10.0 Å². The number of nitrogens with one attached hydrogen (secondary N) is 1. The van der Waals surface area contributed by atoms with Crippen molar-refractivity contribution in [3.8, 4) is 0 Å². The number of fused-ring (bicyclic) bond motifs is 1. The molecule has 2 aliphatic heterocycles. The molecule has 1 N–H and O–H groups in total. The molecule has 1 fully saturated rings. The summed E-state index contributed by atoms with van der Waals surface area (Å²) in [5.74, 6) is 0.867. The van der Waals surface area contributed by atoms with Crippen molar-refractivity contribution < 1.29 is 17.6 Å². The predicted molar refractivity (Wildman–Crippen MR) is 99.7 cm³/mol. The Labute approximate surface area is 158 Å². The van der Waals surface area contributed by atoms with E-state index < -0.39 is 10.0 Å². The Morgan fingerprint density at radius 3 is 2.89 bits per heavy atom. The first-order valence-corrected chi connectivity index (χ1v) is 10.4. The van der Waals surface area contributed by atoms with Crippen LogP contribution in [0.3, 0.4) is 0 Å². The van der Waals surface area contributed by atoms with E-state index in [0.717, 1.165) is 12.8 Å². The molecule has 1 aromatic carbocycles. The standard InChI is InChI=1S/C19H21N3O4S/c1-13(16-8-5-11-26-16)20-19(23)14-6-4-10-22(12-14)18-15-7-2-3-9-17(15)27(24,25)21-18/h2-3,5,7-9,11,13-14H,4,6,10,12H2,1H3,(H,20,23)/t13-,14+/m0/s1. The van der Waals surface area contributed by atoms with Gasteiger partial charge >= 0.3 is 0 Å². The summed E-state index contributed by atoms with van der Waals surface area (Å²) in [6.07, 6.45) is 3.14. The molecule has 1 saturated heterocycles. The Morgan fingerprint density at radius 1 is 1.30 bits per heavy atom. The maximum atomic E-state index is 12.7. The van der Waals surface area contributed by atoms with Crippen molar-refractivity contribution in [2.24, 2.45) is 10.3 Å². The SMILES string of the molecule is C[C@H](NC(=O)[C@@H]1CCCN(C2=NS(=O)(=O)c3ccccc32)C1)c1ccco1. The minimum atomic E-state index is -3.66. The number of nitrogens with zero attached hydrogens (tertiary/aromatic N) is 2. The number of hydrogen-bond acceptors (Lipinski definition) is 5. The zero-order valence-electron chi connectivity index (χ0n) is 15.0. The van der Waals surface area contributed by atoms with Gasteiger partial charge in [-0.05, 0) is 44.0 Å². The van der Waals surface area contributed by atoms with Crippen LogP contribution in [0.5, 0.6) is 0 Å². The lowest BCUT2D eigenvalue weighted by Gasteiger charge is -2.33. The first-order valence-electron chi connectivity index (χ1n) is 8.99. The smallest absolute Gasteiger partial charge is 0.285 e. The minimum absolute atomic E-state index is 0.0571. The van der Waals surface area contributed by atoms with E-state index in [1.807, 2.05) is 17.9 Å². The fourth-order valence-corrected chi connectivity index (χ4v) is 4.87. The van der Waals surface area contributed by atoms with Crippen LogP contribution in [0.25, 0.3) is 0 Å². The second kappa shape index (κ2) is 6.84. The topological polar surface area (TPSA) is 92.0 Å². The van der Waals surface area contributed by atoms with Crippen LogP contribution >= 0.6 is 0 Å². The maximum absolute atomic E-state index is 12.7. The third-order valence-corrected chi connectivity index (χ3v) is 6.36. The molecular weight excluding hydrogens is 366 g/mol. The molecule has 0 saturated carbocycles. The van der Waals surface area contributed by atoms with E-state index in [0.29, 0.717) is 30.2 Å². The molecule has 0 unspecified atom stereocenters. The maximum Gasteiger partial charge on any atom is 0.285 e. The first kappa shape index (κ1) is 17.8. The third kappa shape index (κ3) is 3.37. The highest BCUT2D eigenvalue weighted by Crippen LogP contribution is 2.30. The summed E-state index contributed by atoms with van der Waals surface area (Å²) >= 11 is 0. The fourth-order valence-electron chi connectivity index (χ4n) is 3.64. The number of likely N-dealkylation sites (tertiary alicyclic amines) is 1. The van der Waals surface area contributed by atoms with Crippen molar-refractivity contribution in [2.45, 2.75) is 30.7 Å². The zero-order valence-corrected chi connectivity index (χ0v) is 15.8. The molecule has 0 spiro atoms. The van der Waals surface area contributed by atoms with E-state index in [4.69, 9.17) is 4.42 Å². The molecule has 1 amide bonds. The third-order valence-electron chi connectivity index (χ3n) is 5.03. The van der Waals surface area contributed by atoms with Crippen LogP contribution < -0.4 is 5.32 Å². The summed E-state index contributed by atoms with van der Waals surface area (Å²) in [6.45, 7) is 3.00. The van der Waals surface area contributed by atoms with Crippen LogP contribution in [0, 0.1) is 5.92 Å². The Morgan fingerprint density at radius 2 is 2.11 bits per heavy atom. The van der Waals surface area contributed by atoms with Gasteiger partial charge in [-0.1, -0.05) is 12.1 Å². The molecule has 0 bridgehead atoms. The van der Waals surface area contributed by atoms with Gasteiger partial charge in [0.2, 0.25) is 5.91 Å². The Hall–Kier alpha value is -2.61. The van der Waals surface area contributed by atoms with Crippen LogP contribution in [0.1, 0.15) is 37.1 Å². The molecule has 7 nitrogen and oxygen atoms in total. The van der Waals surface area contributed by atoms with E-state index in [2.05, 4.69) is 9.71 Å². The van der Waals surface area contributed by atoms with Crippen LogP contribution in [0.4, 0.5) is 0 Å². The Balaban J connectivity index is 1.50. The Bertz CT molecular complexity index is 982. The summed E-state index contributed by atoms with van der Waals surface area (Å²) in [5.41, 5.74) is 0.613. The molecule has 3 heterocycles. The van der Waals surface area contributed by atoms with E-state index in [-0.39, 0.29) is 22.8 Å². The van der Waals surface area contributed by atoms with Crippen molar-refractivity contribution in [3.05, 3.63) is 54.0 Å². The highest BCUT2D eigenvalue weighted by molar-refractivity contribution is 7.90. The quantitative estimate of drug-likeness (QED) is 0.873. The summed E-state index contributed by atoms with van der Waals surface area (Å²) in [4.78, 5) is 14.8. The number of amidine groups is 1. The number of rotatable bonds is 3. The van der Waals surface area contributed by atoms with Gasteiger partial charge in [-0.3, -0.25) is 4.79 Å². The molecule has 4 rings (SSSR count). The average molecular weight is 387 g/mol. The molecular formula is C19H21N3O4S. The van der Waals surface area contributed by atoms with Crippen molar-refractivity contribution in [2.75, 3.05) is 13.1 Å². The lowest BCUT2D eigenvalue weighted by Crippen LogP contribution is -2.45. The number of carbonyl (C=O) groups excluding carboxylic acids is 1. The summed E-state index contributed by atoms with van der Waals surface area (Å²) in [5, 5.41) is 2.98. The number of sulfonamides is 1. The molecule has 142 valence electrons. The number of carbonyl (C=O) groups is 1. The number of benzene rings is 1. The normalized spacial score (nSPS) is 22.0. The van der Waals surface area contributed by atoms with Gasteiger partial charge in [0.05, 0.1) is 18.2 Å². The monoisotopic (exact) mass is 387 g/mol. The van der Waals surface area contributed by atoms with Crippen molar-refractivity contribution in [3.63, 3.8) is 0 Å². The lowest BCUT2D eigenvalue weighted by atomic mass is 9.96. The van der Waals surface area contributed by atoms with E-state index in [1.165, 1.54) is 0 Å². The first-order chi connectivity index (χ1) is 13.0. The molecule has 2 aromatic rings. The second-order valence-corrected chi connectivity index (χ2v) is 8.49. The van der Waals surface area contributed by atoms with Crippen LogP contribution in [0.2, 0.25) is 0 Å². The second-order valence-electron chi connectivity index (χ2n) is 6.92. The van der Waals surface area contributed by atoms with E-state index in [1.54, 1.807) is 36.6 Å². The summed E-state index contributed by atoms with van der Waals surface area (Å²) in [6, 6.07) is 10.2. The molecule has 2 aliphatic rings. The van der Waals surface area contributed by atoms with Gasteiger partial charge in [-0.2, -0.15) is 8.42 Å². The van der Waals surface area contributed by atoms with Crippen LogP contribution in [-0.4, -0.2) is 38.2 Å². The molecule has 27 heavy (non-hydrogen) atoms. The molecule has 2 atom stereocenters. The molecule has 0 radical (unpaired) electrons. The highest BCUT2D eigenvalue weighted by atomic mass is 32.2. The number of furan rings is 1. The molecule has 0 aliphatic carbocycles. The number of hydrogen-bond donors (Lipinski definition) is 1. The Kier molecular flexibility index (Phi) is 4.51. The van der Waals surface area contributed by atoms with Crippen LogP contribution in [0.15, 0.2) is 56.4 Å². The van der Waals surface area contributed by atoms with Gasteiger partial charge < -0.3 is 14.6 Å². The lowest BCUT2D eigenvalue weighted by molar-refractivity contribution is -0.127. The minimum Gasteiger partial charge on any atom is -0.467 e. The molecule has 1 aromatic heterocycles. The van der Waals surface area contributed by atoms with Gasteiger partial charge in [0.1, 0.15) is 10.7 Å². The number of amides is 1. The summed E-state index contributed by atoms with van der Waals surface area (Å²) in [7, 11) is -3.66. The fraction of sp³-hybridized carbons (Fsp3) is 0.368. The van der Waals surface area contributed by atoms with E-state index >= 15 is 0 Å². The van der Waals surface area contributed by atoms with Crippen molar-refractivity contribution in [1.29, 1.82) is 0 Å². The van der Waals surface area contributed by atoms with Crippen molar-refractivity contribution >= 4 is 21.8 Å². The predicted octanol–water partition coefficient (Wildman–Crippen LogP) is 2.32. The van der Waals surface area contributed by atoms with Gasteiger partial charge in [0.15, 0.2) is 5.84 Å². The number of piperidine rings is 1. The summed E-state index contributed by atoms with van der Waals surface area (Å²) < 4.78 is 33.9. The van der Waals surface area contributed by atoms with Gasteiger partial charge in [0, 0.05) is 18.7 Å². The zero-order chi connectivity index (χ0) is 19.0. The van der Waals surface area contributed by atoms with Crippen LogP contribution in [-0.2, 0) is 14.8 Å². The van der Waals surface area contributed by atoms with Gasteiger partial charge in [-0.15, -0.1) is 4.40 Å². The highest BCUT2D eigenvalue weighted by Gasteiger charge is 2.35. The van der Waals surface area contributed by atoms with E-state index in [9.17, 15) is 13.2 Å². The van der Waals surface area contributed by atoms with Gasteiger partial charge in [-0.25, -0.2) is 0 Å². The largest absolute Gasteiger partial charge is 0.467 e.